The molecule has 2 N–H and O–H groups in total. The summed E-state index contributed by atoms with van der Waals surface area (Å²) in [5, 5.41) is 11.9. The van der Waals surface area contributed by atoms with Crippen LogP contribution in [0.15, 0.2) is 0 Å². The number of amides is 1. The van der Waals surface area contributed by atoms with Gasteiger partial charge in [-0.1, -0.05) is 19.8 Å². The quantitative estimate of drug-likeness (QED) is 0.603. The van der Waals surface area contributed by atoms with Crippen molar-refractivity contribution in [1.29, 1.82) is 0 Å². The summed E-state index contributed by atoms with van der Waals surface area (Å²) in [5.41, 5.74) is -0.315. The van der Waals surface area contributed by atoms with Crippen molar-refractivity contribution in [3.8, 4) is 0 Å². The average Bonchev–Trinajstić information content (AvgIpc) is 2.37. The van der Waals surface area contributed by atoms with E-state index in [1.165, 1.54) is 0 Å². The van der Waals surface area contributed by atoms with Gasteiger partial charge < -0.3 is 15.2 Å². The molecule has 0 heterocycles. The third kappa shape index (κ3) is 4.47. The second kappa shape index (κ2) is 8.25. The second-order valence-electron chi connectivity index (χ2n) is 5.61. The van der Waals surface area contributed by atoms with Crippen LogP contribution >= 0.6 is 0 Å². The SMILES string of the molecule is CCCC(CNC(=O)C1(CCOCC)CCC1)C(=O)O. The third-order valence-electron chi connectivity index (χ3n) is 4.22. The molecule has 1 aliphatic carbocycles. The first-order valence-corrected chi connectivity index (χ1v) is 7.64. The summed E-state index contributed by atoms with van der Waals surface area (Å²) in [6, 6.07) is 0. The minimum absolute atomic E-state index is 0.00538. The van der Waals surface area contributed by atoms with E-state index in [9.17, 15) is 9.59 Å². The second-order valence-corrected chi connectivity index (χ2v) is 5.61. The number of carbonyl (C=O) groups is 2. The Morgan fingerprint density at radius 2 is 2.05 bits per heavy atom. The van der Waals surface area contributed by atoms with Gasteiger partial charge in [0.1, 0.15) is 0 Å². The maximum atomic E-state index is 12.3. The molecule has 1 atom stereocenters. The lowest BCUT2D eigenvalue weighted by molar-refractivity contribution is -0.143. The molecule has 0 aromatic rings. The first-order chi connectivity index (χ1) is 9.55. The van der Waals surface area contributed by atoms with Crippen LogP contribution in [0.5, 0.6) is 0 Å². The number of carbonyl (C=O) groups excluding carboxylic acids is 1. The number of hydrogen-bond donors (Lipinski definition) is 2. The van der Waals surface area contributed by atoms with Crippen LogP contribution in [-0.2, 0) is 14.3 Å². The summed E-state index contributed by atoms with van der Waals surface area (Å²) < 4.78 is 5.34. The Labute approximate surface area is 121 Å². The highest BCUT2D eigenvalue weighted by Gasteiger charge is 2.43. The van der Waals surface area contributed by atoms with Crippen LogP contribution in [0, 0.1) is 11.3 Å². The van der Waals surface area contributed by atoms with Gasteiger partial charge >= 0.3 is 5.97 Å². The number of rotatable bonds is 10. The Balaban J connectivity index is 2.44. The first kappa shape index (κ1) is 17.0. The van der Waals surface area contributed by atoms with E-state index in [0.717, 1.165) is 32.1 Å². The molecule has 0 aromatic heterocycles. The summed E-state index contributed by atoms with van der Waals surface area (Å²) in [4.78, 5) is 23.4. The highest BCUT2D eigenvalue weighted by Crippen LogP contribution is 2.44. The van der Waals surface area contributed by atoms with Gasteiger partial charge in [0, 0.05) is 19.8 Å². The fourth-order valence-electron chi connectivity index (χ4n) is 2.67. The predicted octanol–water partition coefficient (Wildman–Crippen LogP) is 2.20. The van der Waals surface area contributed by atoms with Gasteiger partial charge in [-0.2, -0.15) is 0 Å². The van der Waals surface area contributed by atoms with Gasteiger partial charge in [0.25, 0.3) is 0 Å². The summed E-state index contributed by atoms with van der Waals surface area (Å²) in [6.45, 7) is 5.39. The molecule has 1 saturated carbocycles. The van der Waals surface area contributed by atoms with Crippen LogP contribution < -0.4 is 5.32 Å². The van der Waals surface area contributed by atoms with Crippen LogP contribution in [0.3, 0.4) is 0 Å². The van der Waals surface area contributed by atoms with E-state index >= 15 is 0 Å². The molecule has 1 amide bonds. The topological polar surface area (TPSA) is 75.6 Å². The van der Waals surface area contributed by atoms with Crippen molar-refractivity contribution in [2.75, 3.05) is 19.8 Å². The van der Waals surface area contributed by atoms with E-state index in [0.29, 0.717) is 19.6 Å². The standard InChI is InChI=1S/C15H27NO4/c1-3-6-12(13(17)18)11-16-14(19)15(7-5-8-15)9-10-20-4-2/h12H,3-11H2,1-2H3,(H,16,19)(H,17,18). The van der Waals surface area contributed by atoms with Gasteiger partial charge in [-0.25, -0.2) is 0 Å². The van der Waals surface area contributed by atoms with E-state index in [1.54, 1.807) is 0 Å². The van der Waals surface area contributed by atoms with Gasteiger partial charge in [0.05, 0.1) is 11.3 Å². The van der Waals surface area contributed by atoms with Gasteiger partial charge in [-0.3, -0.25) is 9.59 Å². The maximum Gasteiger partial charge on any atom is 0.308 e. The van der Waals surface area contributed by atoms with E-state index in [2.05, 4.69) is 5.32 Å². The van der Waals surface area contributed by atoms with E-state index in [1.807, 2.05) is 13.8 Å². The molecule has 5 nitrogen and oxygen atoms in total. The monoisotopic (exact) mass is 285 g/mol. The minimum atomic E-state index is -0.830. The normalized spacial score (nSPS) is 18.1. The van der Waals surface area contributed by atoms with Crippen LogP contribution in [0.25, 0.3) is 0 Å². The van der Waals surface area contributed by atoms with Gasteiger partial charge in [-0.05, 0) is 32.6 Å². The Kier molecular flexibility index (Phi) is 6.99. The van der Waals surface area contributed by atoms with Gasteiger partial charge in [-0.15, -0.1) is 0 Å². The lowest BCUT2D eigenvalue weighted by Crippen LogP contribution is -2.48. The molecule has 0 radical (unpaired) electrons. The predicted molar refractivity (Wildman–Crippen MR) is 76.4 cm³/mol. The van der Waals surface area contributed by atoms with Crippen LogP contribution in [0.1, 0.15) is 52.4 Å². The summed E-state index contributed by atoms with van der Waals surface area (Å²) >= 11 is 0. The molecule has 1 aliphatic rings. The van der Waals surface area contributed by atoms with Crippen molar-refractivity contribution < 1.29 is 19.4 Å². The molecule has 20 heavy (non-hydrogen) atoms. The van der Waals surface area contributed by atoms with Crippen molar-refractivity contribution in [2.24, 2.45) is 11.3 Å². The van der Waals surface area contributed by atoms with E-state index < -0.39 is 11.9 Å². The highest BCUT2D eigenvalue weighted by atomic mass is 16.5. The fraction of sp³-hybridized carbons (Fsp3) is 0.867. The Morgan fingerprint density at radius 1 is 1.35 bits per heavy atom. The number of carboxylic acid groups (broad SMARTS) is 1. The molecule has 1 fully saturated rings. The molecule has 0 aliphatic heterocycles. The smallest absolute Gasteiger partial charge is 0.308 e. The molecule has 0 spiro atoms. The molecule has 0 saturated heterocycles. The maximum absolute atomic E-state index is 12.3. The van der Waals surface area contributed by atoms with E-state index in [-0.39, 0.29) is 17.9 Å². The Morgan fingerprint density at radius 3 is 2.50 bits per heavy atom. The van der Waals surface area contributed by atoms with Crippen LogP contribution in [0.4, 0.5) is 0 Å². The molecule has 0 bridgehead atoms. The zero-order chi connectivity index (χ0) is 15.0. The van der Waals surface area contributed by atoms with Crippen molar-refractivity contribution in [3.63, 3.8) is 0 Å². The average molecular weight is 285 g/mol. The Hall–Kier alpha value is -1.10. The van der Waals surface area contributed by atoms with Crippen molar-refractivity contribution >= 4 is 11.9 Å². The van der Waals surface area contributed by atoms with Crippen LogP contribution in [0.2, 0.25) is 0 Å². The van der Waals surface area contributed by atoms with Crippen molar-refractivity contribution in [1.82, 2.24) is 5.32 Å². The van der Waals surface area contributed by atoms with Crippen LogP contribution in [-0.4, -0.2) is 36.7 Å². The third-order valence-corrected chi connectivity index (χ3v) is 4.22. The molecule has 1 rings (SSSR count). The summed E-state index contributed by atoms with van der Waals surface area (Å²) in [6.07, 6.45) is 4.98. The first-order valence-electron chi connectivity index (χ1n) is 7.64. The molecule has 5 heteroatoms. The Bertz CT molecular complexity index is 326. The van der Waals surface area contributed by atoms with Crippen molar-refractivity contribution in [2.45, 2.75) is 52.4 Å². The summed E-state index contributed by atoms with van der Waals surface area (Å²) in [7, 11) is 0. The van der Waals surface area contributed by atoms with Crippen molar-refractivity contribution in [3.05, 3.63) is 0 Å². The van der Waals surface area contributed by atoms with E-state index in [4.69, 9.17) is 9.84 Å². The largest absolute Gasteiger partial charge is 0.481 e. The minimum Gasteiger partial charge on any atom is -0.481 e. The number of aliphatic carboxylic acids is 1. The highest BCUT2D eigenvalue weighted by molar-refractivity contribution is 5.84. The molecule has 0 aromatic carbocycles. The zero-order valence-electron chi connectivity index (χ0n) is 12.6. The van der Waals surface area contributed by atoms with Gasteiger partial charge in [0.2, 0.25) is 5.91 Å². The molecule has 1 unspecified atom stereocenters. The lowest BCUT2D eigenvalue weighted by Gasteiger charge is -2.40. The summed E-state index contributed by atoms with van der Waals surface area (Å²) in [5.74, 6) is -1.30. The lowest BCUT2D eigenvalue weighted by atomic mass is 9.66. The molecule has 116 valence electrons. The number of hydrogen-bond acceptors (Lipinski definition) is 3. The fourth-order valence-corrected chi connectivity index (χ4v) is 2.67. The zero-order valence-corrected chi connectivity index (χ0v) is 12.6. The molecular formula is C15H27NO4. The molecular weight excluding hydrogens is 258 g/mol. The number of nitrogens with one attached hydrogen (secondary N) is 1. The number of carboxylic acids is 1. The van der Waals surface area contributed by atoms with Gasteiger partial charge in [0.15, 0.2) is 0 Å². The number of ether oxygens (including phenoxy) is 1.